The maximum atomic E-state index is 13.7. The van der Waals surface area contributed by atoms with Crippen molar-refractivity contribution in [3.05, 3.63) is 65.7 Å². The molecule has 1 heterocycles. The molecule has 0 aromatic heterocycles. The Kier molecular flexibility index (Phi) is 15.0. The van der Waals surface area contributed by atoms with E-state index in [9.17, 15) is 39.0 Å². The van der Waals surface area contributed by atoms with Gasteiger partial charge in [-0.25, -0.2) is 4.79 Å². The monoisotopic (exact) mass is 681 g/mol. The number of carbonyl (C=O) groups is 6. The lowest BCUT2D eigenvalue weighted by molar-refractivity contribution is -0.142. The van der Waals surface area contributed by atoms with Gasteiger partial charge in [-0.2, -0.15) is 0 Å². The molecule has 1 aliphatic rings. The van der Waals surface area contributed by atoms with Gasteiger partial charge in [0, 0.05) is 19.4 Å². The number of amides is 5. The number of carboxylic acid groups (broad SMARTS) is 1. The normalized spacial score (nSPS) is 16.5. The molecule has 1 fully saturated rings. The van der Waals surface area contributed by atoms with Gasteiger partial charge in [-0.3, -0.25) is 24.0 Å². The smallest absolute Gasteiger partial charge is 0.326 e. The van der Waals surface area contributed by atoms with Gasteiger partial charge in [0.25, 0.3) is 0 Å². The number of nitrogens with one attached hydrogen (secondary N) is 4. The highest BCUT2D eigenvalue weighted by Gasteiger charge is 2.38. The molecule has 266 valence electrons. The second kappa shape index (κ2) is 19.1. The summed E-state index contributed by atoms with van der Waals surface area (Å²) in [6, 6.07) is 9.58. The number of carbonyl (C=O) groups excluding carboxylic acids is 5. The summed E-state index contributed by atoms with van der Waals surface area (Å²) in [4.78, 5) is 79.1. The van der Waals surface area contributed by atoms with E-state index in [1.807, 2.05) is 0 Å². The van der Waals surface area contributed by atoms with E-state index in [4.69, 9.17) is 11.5 Å². The highest BCUT2D eigenvalue weighted by Crippen LogP contribution is 2.21. The molecule has 3 rings (SSSR count). The fourth-order valence-corrected chi connectivity index (χ4v) is 5.58. The van der Waals surface area contributed by atoms with Gasteiger partial charge in [-0.15, -0.1) is 0 Å². The fourth-order valence-electron chi connectivity index (χ4n) is 5.58. The van der Waals surface area contributed by atoms with Crippen molar-refractivity contribution in [1.29, 1.82) is 0 Å². The molecule has 0 radical (unpaired) electrons. The largest absolute Gasteiger partial charge is 0.508 e. The van der Waals surface area contributed by atoms with Crippen LogP contribution in [0, 0.1) is 0 Å². The van der Waals surface area contributed by atoms with Crippen molar-refractivity contribution in [2.24, 2.45) is 11.5 Å². The Morgan fingerprint density at radius 3 is 2.08 bits per heavy atom. The number of benzene rings is 2. The zero-order valence-corrected chi connectivity index (χ0v) is 27.6. The van der Waals surface area contributed by atoms with Crippen molar-refractivity contribution < 1.29 is 39.0 Å². The van der Waals surface area contributed by atoms with E-state index < -0.39 is 65.7 Å². The van der Waals surface area contributed by atoms with Gasteiger partial charge in [-0.05, 0) is 68.8 Å². The first-order chi connectivity index (χ1) is 23.4. The minimum Gasteiger partial charge on any atom is -0.508 e. The quantitative estimate of drug-likeness (QED) is 0.0920. The number of hydrogen-bond acceptors (Lipinski definition) is 9. The first-order valence-corrected chi connectivity index (χ1v) is 16.4. The van der Waals surface area contributed by atoms with Crippen LogP contribution in [0.5, 0.6) is 5.75 Å². The van der Waals surface area contributed by atoms with Gasteiger partial charge in [-0.1, -0.05) is 42.5 Å². The molecule has 0 saturated carbocycles. The number of unbranched alkanes of at least 4 members (excludes halogenated alkanes) is 1. The van der Waals surface area contributed by atoms with Crippen LogP contribution in [0.15, 0.2) is 54.6 Å². The maximum Gasteiger partial charge on any atom is 0.326 e. The van der Waals surface area contributed by atoms with Crippen molar-refractivity contribution in [3.8, 4) is 5.75 Å². The molecule has 0 bridgehead atoms. The molecule has 15 heteroatoms. The first-order valence-electron chi connectivity index (χ1n) is 16.4. The second-order valence-electron chi connectivity index (χ2n) is 12.0. The summed E-state index contributed by atoms with van der Waals surface area (Å²) in [6.45, 7) is 1.71. The molecule has 1 aliphatic heterocycles. The molecule has 1 saturated heterocycles. The van der Waals surface area contributed by atoms with Crippen LogP contribution in [0.3, 0.4) is 0 Å². The minimum absolute atomic E-state index is 0.0418. The molecule has 2 aromatic rings. The number of rotatable bonds is 18. The van der Waals surface area contributed by atoms with Crippen LogP contribution in [0.25, 0.3) is 0 Å². The van der Waals surface area contributed by atoms with E-state index in [1.54, 1.807) is 42.5 Å². The number of aliphatic carboxylic acids is 1. The number of nitrogens with zero attached hydrogens (tertiary/aromatic N) is 1. The Morgan fingerprint density at radius 2 is 1.45 bits per heavy atom. The molecule has 10 N–H and O–H groups in total. The van der Waals surface area contributed by atoms with E-state index in [0.717, 1.165) is 0 Å². The van der Waals surface area contributed by atoms with Gasteiger partial charge in [0.15, 0.2) is 0 Å². The highest BCUT2D eigenvalue weighted by molar-refractivity contribution is 5.96. The van der Waals surface area contributed by atoms with Gasteiger partial charge in [0.2, 0.25) is 29.5 Å². The molecule has 2 aromatic carbocycles. The number of likely N-dealkylation sites (tertiary alicyclic amines) is 1. The summed E-state index contributed by atoms with van der Waals surface area (Å²) in [5, 5.41) is 29.8. The van der Waals surface area contributed by atoms with Crippen molar-refractivity contribution in [3.63, 3.8) is 0 Å². The second-order valence-corrected chi connectivity index (χ2v) is 12.0. The number of phenols is 1. The zero-order chi connectivity index (χ0) is 35.9. The van der Waals surface area contributed by atoms with Crippen LogP contribution >= 0.6 is 0 Å². The Bertz CT molecular complexity index is 1440. The SMILES string of the molecule is C[C@H](NC(=O)[C@@H]1CCCN1C(=O)[C@H](Cc1ccc(O)cc1)NC(=O)CN)C(=O)N[C@@H](CCCCN)C(=O)N[C@@H](Cc1ccccc1)C(=O)O. The van der Waals surface area contributed by atoms with E-state index in [0.29, 0.717) is 43.4 Å². The number of hydrogen-bond donors (Lipinski definition) is 8. The molecule has 0 spiro atoms. The Balaban J connectivity index is 1.66. The predicted molar refractivity (Wildman–Crippen MR) is 180 cm³/mol. The lowest BCUT2D eigenvalue weighted by Gasteiger charge is -2.29. The van der Waals surface area contributed by atoms with Crippen molar-refractivity contribution in [2.75, 3.05) is 19.6 Å². The van der Waals surface area contributed by atoms with Crippen LogP contribution in [-0.2, 0) is 41.6 Å². The van der Waals surface area contributed by atoms with Crippen LogP contribution < -0.4 is 32.7 Å². The van der Waals surface area contributed by atoms with Crippen LogP contribution in [0.4, 0.5) is 0 Å². The number of aromatic hydroxyl groups is 1. The van der Waals surface area contributed by atoms with Gasteiger partial charge >= 0.3 is 5.97 Å². The van der Waals surface area contributed by atoms with Crippen molar-refractivity contribution >= 4 is 35.5 Å². The molecular formula is C34H47N7O8. The summed E-state index contributed by atoms with van der Waals surface area (Å²) < 4.78 is 0. The zero-order valence-electron chi connectivity index (χ0n) is 27.6. The lowest BCUT2D eigenvalue weighted by atomic mass is 10.0. The summed E-state index contributed by atoms with van der Waals surface area (Å²) in [7, 11) is 0. The first kappa shape index (κ1) is 38.4. The van der Waals surface area contributed by atoms with Gasteiger partial charge in [0.1, 0.15) is 36.0 Å². The molecule has 5 amide bonds. The Hall–Kier alpha value is -5.02. The van der Waals surface area contributed by atoms with Crippen LogP contribution in [-0.4, -0.2) is 100 Å². The Morgan fingerprint density at radius 1 is 0.816 bits per heavy atom. The standard InChI is InChI=1S/C34H47N7O8/c1-21(30(44)39-25(10-5-6-16-35)31(45)40-27(34(48)49)19-22-8-3-2-4-9-22)37-32(46)28-11-7-17-41(28)33(47)26(38-29(43)20-36)18-23-12-14-24(42)15-13-23/h2-4,8-9,12-15,21,25-28,42H,5-7,10-11,16-20,35-36H2,1H3,(H,37,46)(H,38,43)(H,39,44)(H,40,45)(H,48,49)/t21-,25-,26-,27-,28-/m0/s1. The van der Waals surface area contributed by atoms with Crippen LogP contribution in [0.1, 0.15) is 50.2 Å². The summed E-state index contributed by atoms with van der Waals surface area (Å²) in [5.74, 6) is -4.17. The van der Waals surface area contributed by atoms with Crippen molar-refractivity contribution in [1.82, 2.24) is 26.2 Å². The number of nitrogens with two attached hydrogens (primary N) is 2. The van der Waals surface area contributed by atoms with Crippen molar-refractivity contribution in [2.45, 2.75) is 82.1 Å². The van der Waals surface area contributed by atoms with E-state index in [-0.39, 0.29) is 38.1 Å². The molecule has 0 unspecified atom stereocenters. The third-order valence-corrected chi connectivity index (χ3v) is 8.26. The van der Waals surface area contributed by atoms with Gasteiger partial charge < -0.3 is 47.8 Å². The number of carboxylic acids is 1. The molecule has 5 atom stereocenters. The molecule has 15 nitrogen and oxygen atoms in total. The number of phenolic OH excluding ortho intramolecular Hbond substituents is 1. The van der Waals surface area contributed by atoms with E-state index >= 15 is 0 Å². The average molecular weight is 682 g/mol. The molecule has 49 heavy (non-hydrogen) atoms. The fraction of sp³-hybridized carbons (Fsp3) is 0.471. The lowest BCUT2D eigenvalue weighted by Crippen LogP contribution is -2.58. The topological polar surface area (TPSA) is 246 Å². The average Bonchev–Trinajstić information content (AvgIpc) is 3.58. The van der Waals surface area contributed by atoms with Gasteiger partial charge in [0.05, 0.1) is 6.54 Å². The molecule has 0 aliphatic carbocycles. The molecular weight excluding hydrogens is 634 g/mol. The third kappa shape index (κ3) is 11.9. The predicted octanol–water partition coefficient (Wildman–Crippen LogP) is -0.700. The summed E-state index contributed by atoms with van der Waals surface area (Å²) >= 11 is 0. The highest BCUT2D eigenvalue weighted by atomic mass is 16.4. The van der Waals surface area contributed by atoms with Crippen LogP contribution in [0.2, 0.25) is 0 Å². The summed E-state index contributed by atoms with van der Waals surface area (Å²) in [5.41, 5.74) is 12.5. The summed E-state index contributed by atoms with van der Waals surface area (Å²) in [6.07, 6.45) is 2.22. The third-order valence-electron chi connectivity index (χ3n) is 8.26. The minimum atomic E-state index is -1.24. The van der Waals surface area contributed by atoms with E-state index in [1.165, 1.54) is 24.0 Å². The van der Waals surface area contributed by atoms with E-state index in [2.05, 4.69) is 21.3 Å². The Labute approximate surface area is 285 Å². The maximum absolute atomic E-state index is 13.7.